The highest BCUT2D eigenvalue weighted by Gasteiger charge is 2.29. The van der Waals surface area contributed by atoms with E-state index < -0.39 is 30.6 Å². The van der Waals surface area contributed by atoms with Gasteiger partial charge in [-0.1, -0.05) is 60.2 Å². The molecule has 3 aromatic carbocycles. The summed E-state index contributed by atoms with van der Waals surface area (Å²) in [6.45, 7) is 1.50. The van der Waals surface area contributed by atoms with Crippen LogP contribution in [0.4, 0.5) is 10.5 Å². The minimum atomic E-state index is -1.26. The zero-order valence-corrected chi connectivity index (χ0v) is 19.2. The fourth-order valence-corrected chi connectivity index (χ4v) is 4.32. The van der Waals surface area contributed by atoms with Crippen LogP contribution in [0.5, 0.6) is 0 Å². The van der Waals surface area contributed by atoms with Gasteiger partial charge >= 0.3 is 12.1 Å². The van der Waals surface area contributed by atoms with Crippen molar-refractivity contribution in [3.63, 3.8) is 0 Å². The zero-order chi connectivity index (χ0) is 24.9. The molecule has 2 amide bonds. The highest BCUT2D eigenvalue weighted by molar-refractivity contribution is 6.04. The van der Waals surface area contributed by atoms with E-state index in [9.17, 15) is 19.5 Å². The first-order valence-corrected chi connectivity index (χ1v) is 11.3. The fraction of sp³-hybridized carbons (Fsp3) is 0.222. The van der Waals surface area contributed by atoms with Crippen LogP contribution in [0.15, 0.2) is 66.7 Å². The molecule has 0 saturated carbocycles. The lowest BCUT2D eigenvalue weighted by molar-refractivity contribution is -0.139. The van der Waals surface area contributed by atoms with Crippen molar-refractivity contribution in [2.75, 3.05) is 18.5 Å². The van der Waals surface area contributed by atoms with Crippen LogP contribution in [0.25, 0.3) is 11.1 Å². The van der Waals surface area contributed by atoms with Gasteiger partial charge in [0.25, 0.3) is 5.91 Å². The van der Waals surface area contributed by atoms with E-state index in [0.717, 1.165) is 27.8 Å². The maximum atomic E-state index is 12.8. The van der Waals surface area contributed by atoms with Crippen LogP contribution >= 0.6 is 0 Å². The number of carbonyl (C=O) groups excluding carboxylic acids is 2. The van der Waals surface area contributed by atoms with Gasteiger partial charge in [-0.25, -0.2) is 9.59 Å². The normalized spacial score (nSPS) is 12.9. The Kier molecular flexibility index (Phi) is 7.12. The second kappa shape index (κ2) is 10.4. The predicted octanol–water partition coefficient (Wildman–Crippen LogP) is 3.92. The second-order valence-corrected chi connectivity index (χ2v) is 8.38. The summed E-state index contributed by atoms with van der Waals surface area (Å²) >= 11 is 0. The lowest BCUT2D eigenvalue weighted by atomic mass is 9.98. The van der Waals surface area contributed by atoms with Gasteiger partial charge < -0.3 is 20.3 Å². The molecule has 0 aromatic heterocycles. The maximum Gasteiger partial charge on any atom is 0.411 e. The number of benzene rings is 3. The van der Waals surface area contributed by atoms with Crippen LogP contribution in [-0.4, -0.2) is 47.4 Å². The van der Waals surface area contributed by atoms with E-state index >= 15 is 0 Å². The van der Waals surface area contributed by atoms with Crippen molar-refractivity contribution in [3.8, 4) is 11.1 Å². The molecule has 0 saturated heterocycles. The van der Waals surface area contributed by atoms with Crippen LogP contribution in [0.2, 0.25) is 0 Å². The highest BCUT2D eigenvalue weighted by Crippen LogP contribution is 2.44. The Hall–Kier alpha value is -4.17. The summed E-state index contributed by atoms with van der Waals surface area (Å²) < 4.78 is 5.56. The highest BCUT2D eigenvalue weighted by atomic mass is 16.5. The Labute approximate surface area is 202 Å². The smallest absolute Gasteiger partial charge is 0.411 e. The number of rotatable bonds is 8. The molecule has 0 radical (unpaired) electrons. The van der Waals surface area contributed by atoms with Gasteiger partial charge in [0.15, 0.2) is 0 Å². The Morgan fingerprint density at radius 2 is 1.60 bits per heavy atom. The van der Waals surface area contributed by atoms with Crippen LogP contribution < -0.4 is 10.6 Å². The minimum absolute atomic E-state index is 0.0997. The number of amides is 2. The van der Waals surface area contributed by atoms with Crippen molar-refractivity contribution in [3.05, 3.63) is 89.0 Å². The molecule has 1 aliphatic carbocycles. The first-order valence-electron chi connectivity index (χ1n) is 11.3. The number of carbonyl (C=O) groups is 3. The quantitative estimate of drug-likeness (QED) is 0.392. The summed E-state index contributed by atoms with van der Waals surface area (Å²) in [5.41, 5.74) is 5.44. The van der Waals surface area contributed by atoms with Crippen molar-refractivity contribution >= 4 is 23.7 Å². The molecule has 4 rings (SSSR count). The van der Waals surface area contributed by atoms with E-state index in [4.69, 9.17) is 9.84 Å². The van der Waals surface area contributed by atoms with Gasteiger partial charge in [-0.05, 0) is 41.3 Å². The number of hydrogen-bond donors (Lipinski definition) is 4. The second-order valence-electron chi connectivity index (χ2n) is 8.38. The first kappa shape index (κ1) is 24.0. The van der Waals surface area contributed by atoms with E-state index in [1.807, 2.05) is 48.5 Å². The molecule has 4 N–H and O–H groups in total. The maximum absolute atomic E-state index is 12.8. The molecule has 0 fully saturated rings. The summed E-state index contributed by atoms with van der Waals surface area (Å²) in [7, 11) is 0. The van der Waals surface area contributed by atoms with E-state index in [0.29, 0.717) is 0 Å². The van der Waals surface area contributed by atoms with Crippen molar-refractivity contribution in [2.24, 2.45) is 0 Å². The number of nitrogens with one attached hydrogen (secondary N) is 2. The van der Waals surface area contributed by atoms with Crippen molar-refractivity contribution < 1.29 is 29.3 Å². The number of carboxylic acid groups (broad SMARTS) is 1. The molecular weight excluding hydrogens is 448 g/mol. The number of aliphatic hydroxyl groups excluding tert-OH is 1. The summed E-state index contributed by atoms with van der Waals surface area (Å²) in [4.78, 5) is 36.8. The Morgan fingerprint density at radius 1 is 0.971 bits per heavy atom. The number of aliphatic carboxylic acids is 1. The standard InChI is InChI=1S/C27H26N2O6/c1-16-10-11-23(21(14-16)25(31)28-24(12-13-30)26(32)33)29-27(34)35-15-22-19-8-4-2-6-17(19)18-7-3-5-9-20(18)22/h2-11,14,22,24,30H,12-13,15H2,1H3,(H,28,31)(H,29,34)(H,32,33). The molecule has 0 bridgehead atoms. The molecule has 8 nitrogen and oxygen atoms in total. The molecule has 1 unspecified atom stereocenters. The fourth-order valence-electron chi connectivity index (χ4n) is 4.32. The number of carboxylic acids is 1. The minimum Gasteiger partial charge on any atom is -0.480 e. The molecule has 0 heterocycles. The van der Waals surface area contributed by atoms with Crippen LogP contribution in [-0.2, 0) is 9.53 Å². The van der Waals surface area contributed by atoms with Crippen molar-refractivity contribution in [2.45, 2.75) is 25.3 Å². The molecule has 0 spiro atoms. The van der Waals surface area contributed by atoms with Crippen LogP contribution in [0.1, 0.15) is 39.4 Å². The average Bonchev–Trinajstić information content (AvgIpc) is 3.17. The summed E-state index contributed by atoms with van der Waals surface area (Å²) in [6, 6.07) is 19.6. The number of hydrogen-bond acceptors (Lipinski definition) is 5. The van der Waals surface area contributed by atoms with Gasteiger partial charge in [-0.2, -0.15) is 0 Å². The van der Waals surface area contributed by atoms with Crippen molar-refractivity contribution in [1.82, 2.24) is 5.32 Å². The summed E-state index contributed by atoms with van der Waals surface area (Å²) in [6.07, 6.45) is -0.864. The number of anilines is 1. The van der Waals surface area contributed by atoms with E-state index in [1.165, 1.54) is 0 Å². The SMILES string of the molecule is Cc1ccc(NC(=O)OCC2c3ccccc3-c3ccccc32)c(C(=O)NC(CCO)C(=O)O)c1. The Morgan fingerprint density at radius 3 is 2.20 bits per heavy atom. The monoisotopic (exact) mass is 474 g/mol. The Bertz CT molecular complexity index is 1230. The van der Waals surface area contributed by atoms with E-state index in [1.54, 1.807) is 25.1 Å². The average molecular weight is 475 g/mol. The number of aliphatic hydroxyl groups is 1. The Balaban J connectivity index is 1.48. The van der Waals surface area contributed by atoms with Crippen LogP contribution in [0, 0.1) is 6.92 Å². The number of aryl methyl sites for hydroxylation is 1. The van der Waals surface area contributed by atoms with Gasteiger partial charge in [0.05, 0.1) is 11.3 Å². The van der Waals surface area contributed by atoms with Crippen molar-refractivity contribution in [1.29, 1.82) is 0 Å². The van der Waals surface area contributed by atoms with E-state index in [2.05, 4.69) is 10.6 Å². The molecular formula is C27H26N2O6. The third kappa shape index (κ3) is 5.17. The molecule has 180 valence electrons. The number of fused-ring (bicyclic) bond motifs is 3. The van der Waals surface area contributed by atoms with Gasteiger partial charge in [-0.15, -0.1) is 0 Å². The van der Waals surface area contributed by atoms with Gasteiger partial charge in [0.1, 0.15) is 12.6 Å². The lowest BCUT2D eigenvalue weighted by Crippen LogP contribution is -2.41. The van der Waals surface area contributed by atoms with Gasteiger partial charge in [0, 0.05) is 18.9 Å². The summed E-state index contributed by atoms with van der Waals surface area (Å²) in [5, 5.41) is 23.3. The predicted molar refractivity (Wildman–Crippen MR) is 130 cm³/mol. The first-order chi connectivity index (χ1) is 16.9. The summed E-state index contributed by atoms with van der Waals surface area (Å²) in [5.74, 6) is -2.04. The molecule has 1 aliphatic rings. The topological polar surface area (TPSA) is 125 Å². The van der Waals surface area contributed by atoms with Crippen LogP contribution in [0.3, 0.4) is 0 Å². The van der Waals surface area contributed by atoms with Gasteiger partial charge in [-0.3, -0.25) is 10.1 Å². The number of ether oxygens (including phenoxy) is 1. The van der Waals surface area contributed by atoms with Gasteiger partial charge in [0.2, 0.25) is 0 Å². The molecule has 1 atom stereocenters. The zero-order valence-electron chi connectivity index (χ0n) is 19.2. The third-order valence-corrected chi connectivity index (χ3v) is 6.02. The third-order valence-electron chi connectivity index (χ3n) is 6.02. The molecule has 35 heavy (non-hydrogen) atoms. The van der Waals surface area contributed by atoms with E-state index in [-0.39, 0.29) is 30.2 Å². The lowest BCUT2D eigenvalue weighted by Gasteiger charge is -2.17. The largest absolute Gasteiger partial charge is 0.480 e. The molecule has 8 heteroatoms. The molecule has 3 aromatic rings. The molecule has 0 aliphatic heterocycles.